The molecule has 4 heteroatoms. The van der Waals surface area contributed by atoms with E-state index in [9.17, 15) is 0 Å². The van der Waals surface area contributed by atoms with Gasteiger partial charge in [0.2, 0.25) is 0 Å². The minimum atomic E-state index is 0.912. The maximum Gasteiger partial charge on any atom is 0.130 e. The lowest BCUT2D eigenvalue weighted by molar-refractivity contribution is 1.09. The molecular weight excluding hydrogens is 314 g/mol. The van der Waals surface area contributed by atoms with E-state index in [4.69, 9.17) is 0 Å². The number of halogens is 1. The van der Waals surface area contributed by atoms with Crippen molar-refractivity contribution in [1.82, 2.24) is 10.2 Å². The van der Waals surface area contributed by atoms with Crippen LogP contribution in [0.2, 0.25) is 0 Å². The number of nitrogens with one attached hydrogen (secondary N) is 2. The molecule has 2 aromatic carbocycles. The Hall–Kier alpha value is -2.07. The van der Waals surface area contributed by atoms with Gasteiger partial charge in [0.05, 0.1) is 5.69 Å². The van der Waals surface area contributed by atoms with Gasteiger partial charge in [-0.05, 0) is 29.8 Å². The van der Waals surface area contributed by atoms with Gasteiger partial charge in [-0.2, -0.15) is 5.10 Å². The molecule has 0 bridgehead atoms. The Morgan fingerprint density at radius 3 is 2.80 bits per heavy atom. The summed E-state index contributed by atoms with van der Waals surface area (Å²) in [6.45, 7) is 0. The fourth-order valence-corrected chi connectivity index (χ4v) is 3.07. The summed E-state index contributed by atoms with van der Waals surface area (Å²) in [5.74, 6) is 0.985. The molecule has 0 saturated heterocycles. The van der Waals surface area contributed by atoms with E-state index in [-0.39, 0.29) is 0 Å². The normalized spacial score (nSPS) is 12.1. The molecule has 0 saturated carbocycles. The number of nitrogens with zero attached hydrogens (tertiary/aromatic N) is 1. The molecule has 2 N–H and O–H groups in total. The largest absolute Gasteiger partial charge is 0.340 e. The first-order chi connectivity index (χ1) is 9.81. The lowest BCUT2D eigenvalue weighted by Crippen LogP contribution is -1.94. The second-order valence-corrected chi connectivity index (χ2v) is 5.81. The smallest absolute Gasteiger partial charge is 0.130 e. The van der Waals surface area contributed by atoms with E-state index >= 15 is 0 Å². The number of H-pyrrole nitrogens is 1. The van der Waals surface area contributed by atoms with Gasteiger partial charge in [0.25, 0.3) is 0 Å². The second kappa shape index (κ2) is 4.49. The Morgan fingerprint density at radius 1 is 1.10 bits per heavy atom. The average molecular weight is 326 g/mol. The van der Waals surface area contributed by atoms with Gasteiger partial charge < -0.3 is 5.32 Å². The van der Waals surface area contributed by atoms with E-state index in [1.165, 1.54) is 16.7 Å². The summed E-state index contributed by atoms with van der Waals surface area (Å²) in [6, 6.07) is 16.5. The Labute approximate surface area is 125 Å². The van der Waals surface area contributed by atoms with Gasteiger partial charge in [-0.3, -0.25) is 5.10 Å². The first kappa shape index (κ1) is 11.7. The molecule has 0 radical (unpaired) electrons. The number of benzene rings is 2. The van der Waals surface area contributed by atoms with E-state index in [0.29, 0.717) is 0 Å². The van der Waals surface area contributed by atoms with Gasteiger partial charge in [0.1, 0.15) is 5.82 Å². The average Bonchev–Trinajstić information content (AvgIpc) is 2.99. The van der Waals surface area contributed by atoms with Gasteiger partial charge in [-0.1, -0.05) is 40.2 Å². The predicted molar refractivity (Wildman–Crippen MR) is 84.3 cm³/mol. The highest BCUT2D eigenvalue weighted by molar-refractivity contribution is 9.10. The number of fused-ring (bicyclic) bond motifs is 3. The van der Waals surface area contributed by atoms with E-state index < -0.39 is 0 Å². The van der Waals surface area contributed by atoms with Crippen molar-refractivity contribution in [3.05, 3.63) is 64.1 Å². The third-order valence-electron chi connectivity index (χ3n) is 3.60. The summed E-state index contributed by atoms with van der Waals surface area (Å²) in [5.41, 5.74) is 5.91. The van der Waals surface area contributed by atoms with Crippen LogP contribution >= 0.6 is 15.9 Å². The van der Waals surface area contributed by atoms with Crippen LogP contribution < -0.4 is 5.32 Å². The molecule has 1 heterocycles. The lowest BCUT2D eigenvalue weighted by Gasteiger charge is -2.05. The zero-order valence-electron chi connectivity index (χ0n) is 10.7. The van der Waals surface area contributed by atoms with Crippen LogP contribution in [0.1, 0.15) is 11.1 Å². The lowest BCUT2D eigenvalue weighted by atomic mass is 10.1. The van der Waals surface area contributed by atoms with Gasteiger partial charge in [0.15, 0.2) is 0 Å². The summed E-state index contributed by atoms with van der Waals surface area (Å²) in [7, 11) is 0. The molecular formula is C16H12BrN3. The topological polar surface area (TPSA) is 40.7 Å². The van der Waals surface area contributed by atoms with Gasteiger partial charge >= 0.3 is 0 Å². The zero-order chi connectivity index (χ0) is 13.5. The number of hydrogen-bond donors (Lipinski definition) is 2. The fraction of sp³-hybridized carbons (Fsp3) is 0.0625. The van der Waals surface area contributed by atoms with E-state index in [0.717, 1.165) is 28.1 Å². The Balaban J connectivity index is 1.72. The summed E-state index contributed by atoms with van der Waals surface area (Å²) < 4.78 is 1.11. The first-order valence-electron chi connectivity index (χ1n) is 6.49. The SMILES string of the molecule is Brc1ccc2c(c1)Cc1c-2n[nH]c1Nc1ccccc1. The van der Waals surface area contributed by atoms with Crippen LogP contribution in [-0.4, -0.2) is 10.2 Å². The highest BCUT2D eigenvalue weighted by Crippen LogP contribution is 2.40. The predicted octanol–water partition coefficient (Wildman–Crippen LogP) is 4.49. The highest BCUT2D eigenvalue weighted by atomic mass is 79.9. The van der Waals surface area contributed by atoms with Gasteiger partial charge in [-0.25, -0.2) is 0 Å². The van der Waals surface area contributed by atoms with Crippen molar-refractivity contribution in [3.8, 4) is 11.3 Å². The van der Waals surface area contributed by atoms with Crippen LogP contribution in [0.15, 0.2) is 53.0 Å². The molecule has 0 unspecified atom stereocenters. The highest BCUT2D eigenvalue weighted by Gasteiger charge is 2.24. The minimum Gasteiger partial charge on any atom is -0.340 e. The quantitative estimate of drug-likeness (QED) is 0.570. The zero-order valence-corrected chi connectivity index (χ0v) is 12.2. The van der Waals surface area contributed by atoms with Crippen LogP contribution in [0, 0.1) is 0 Å². The van der Waals surface area contributed by atoms with Crippen molar-refractivity contribution in [1.29, 1.82) is 0 Å². The Kier molecular flexibility index (Phi) is 2.63. The van der Waals surface area contributed by atoms with Crippen molar-refractivity contribution >= 4 is 27.4 Å². The van der Waals surface area contributed by atoms with Crippen molar-refractivity contribution < 1.29 is 0 Å². The summed E-state index contributed by atoms with van der Waals surface area (Å²) >= 11 is 3.53. The summed E-state index contributed by atoms with van der Waals surface area (Å²) in [4.78, 5) is 0. The molecule has 1 aliphatic rings. The number of para-hydroxylation sites is 1. The number of aromatic nitrogens is 2. The number of aromatic amines is 1. The van der Waals surface area contributed by atoms with Crippen LogP contribution in [-0.2, 0) is 6.42 Å². The second-order valence-electron chi connectivity index (χ2n) is 4.90. The van der Waals surface area contributed by atoms with Crippen molar-refractivity contribution in [2.24, 2.45) is 0 Å². The Bertz CT molecular complexity index is 778. The van der Waals surface area contributed by atoms with E-state index in [2.05, 4.69) is 49.6 Å². The van der Waals surface area contributed by atoms with Crippen LogP contribution in [0.4, 0.5) is 11.5 Å². The van der Waals surface area contributed by atoms with Crippen LogP contribution in [0.3, 0.4) is 0 Å². The molecule has 0 amide bonds. The molecule has 4 rings (SSSR count). The van der Waals surface area contributed by atoms with E-state index in [1.54, 1.807) is 0 Å². The fourth-order valence-electron chi connectivity index (χ4n) is 2.66. The first-order valence-corrected chi connectivity index (χ1v) is 7.29. The van der Waals surface area contributed by atoms with E-state index in [1.807, 2.05) is 30.3 Å². The molecule has 3 nitrogen and oxygen atoms in total. The van der Waals surface area contributed by atoms with Crippen molar-refractivity contribution in [2.45, 2.75) is 6.42 Å². The number of anilines is 2. The van der Waals surface area contributed by atoms with Gasteiger partial charge in [-0.15, -0.1) is 0 Å². The molecule has 20 heavy (non-hydrogen) atoms. The molecule has 0 aliphatic heterocycles. The third-order valence-corrected chi connectivity index (χ3v) is 4.09. The monoisotopic (exact) mass is 325 g/mol. The number of rotatable bonds is 2. The molecule has 0 fully saturated rings. The summed E-state index contributed by atoms with van der Waals surface area (Å²) in [5, 5.41) is 11.0. The maximum absolute atomic E-state index is 4.46. The molecule has 98 valence electrons. The molecule has 3 aromatic rings. The third kappa shape index (κ3) is 1.84. The standard InChI is InChI=1S/C16H12BrN3/c17-11-6-7-13-10(8-11)9-14-15(13)19-20-16(14)18-12-4-2-1-3-5-12/h1-8H,9H2,(H2,18,19,20). The van der Waals surface area contributed by atoms with Gasteiger partial charge in [0, 0.05) is 27.7 Å². The molecule has 1 aromatic heterocycles. The number of hydrogen-bond acceptors (Lipinski definition) is 2. The maximum atomic E-state index is 4.46. The summed E-state index contributed by atoms with van der Waals surface area (Å²) in [6.07, 6.45) is 0.912. The van der Waals surface area contributed by atoms with Crippen molar-refractivity contribution in [2.75, 3.05) is 5.32 Å². The minimum absolute atomic E-state index is 0.912. The Morgan fingerprint density at radius 2 is 1.95 bits per heavy atom. The molecule has 0 atom stereocenters. The van der Waals surface area contributed by atoms with Crippen LogP contribution in [0.5, 0.6) is 0 Å². The van der Waals surface area contributed by atoms with Crippen molar-refractivity contribution in [3.63, 3.8) is 0 Å². The van der Waals surface area contributed by atoms with Crippen LogP contribution in [0.25, 0.3) is 11.3 Å². The molecule has 0 spiro atoms. The molecule has 1 aliphatic carbocycles.